The maximum absolute atomic E-state index is 13.4. The zero-order valence-electron chi connectivity index (χ0n) is 22.0. The number of ketones is 1. The number of aryl methyl sites for hydroxylation is 1. The molecule has 2 aromatic carbocycles. The second kappa shape index (κ2) is 11.9. The van der Waals surface area contributed by atoms with Crippen LogP contribution < -0.4 is 19.1 Å². The van der Waals surface area contributed by atoms with Crippen molar-refractivity contribution in [3.05, 3.63) is 71.0 Å². The number of aromatic nitrogens is 1. The normalized spacial score (nSPS) is 16.6. The number of carbonyl (C=O) groups excluding carboxylic acids is 2. The lowest BCUT2D eigenvalue weighted by Crippen LogP contribution is -2.29. The van der Waals surface area contributed by atoms with Crippen LogP contribution in [0.4, 0.5) is 5.82 Å². The van der Waals surface area contributed by atoms with E-state index in [1.807, 2.05) is 6.92 Å². The molecule has 200 valence electrons. The van der Waals surface area contributed by atoms with Gasteiger partial charge in [-0.15, -0.1) is 0 Å². The first-order valence-corrected chi connectivity index (χ1v) is 12.7. The van der Waals surface area contributed by atoms with E-state index in [4.69, 9.17) is 18.7 Å². The van der Waals surface area contributed by atoms with Crippen LogP contribution in [0.2, 0.25) is 0 Å². The molecule has 1 atom stereocenters. The van der Waals surface area contributed by atoms with Crippen molar-refractivity contribution in [3.63, 3.8) is 0 Å². The topological polar surface area (TPSA) is 111 Å². The van der Waals surface area contributed by atoms with Crippen molar-refractivity contribution in [1.29, 1.82) is 0 Å². The van der Waals surface area contributed by atoms with E-state index >= 15 is 0 Å². The van der Waals surface area contributed by atoms with Gasteiger partial charge in [-0.1, -0.05) is 31.5 Å². The molecule has 38 heavy (non-hydrogen) atoms. The number of aliphatic hydroxyl groups is 1. The Labute approximate surface area is 221 Å². The number of methoxy groups -OCH3 is 1. The van der Waals surface area contributed by atoms with Crippen LogP contribution in [0.15, 0.2) is 58.6 Å². The summed E-state index contributed by atoms with van der Waals surface area (Å²) in [6.07, 6.45) is 2.73. The van der Waals surface area contributed by atoms with E-state index < -0.39 is 17.7 Å². The average molecular weight is 521 g/mol. The van der Waals surface area contributed by atoms with Crippen molar-refractivity contribution >= 4 is 23.3 Å². The number of nitrogens with zero attached hydrogens (tertiary/aromatic N) is 2. The van der Waals surface area contributed by atoms with Gasteiger partial charge < -0.3 is 23.8 Å². The van der Waals surface area contributed by atoms with E-state index in [-0.39, 0.29) is 17.2 Å². The fourth-order valence-electron chi connectivity index (χ4n) is 4.24. The molecule has 1 aliphatic heterocycles. The minimum atomic E-state index is -0.978. The van der Waals surface area contributed by atoms with Crippen molar-refractivity contribution in [2.75, 3.05) is 25.2 Å². The summed E-state index contributed by atoms with van der Waals surface area (Å²) >= 11 is 0. The highest BCUT2D eigenvalue weighted by Crippen LogP contribution is 2.44. The number of ether oxygens (including phenoxy) is 3. The maximum atomic E-state index is 13.4. The number of carbonyl (C=O) groups is 2. The molecule has 0 saturated carbocycles. The Morgan fingerprint density at radius 3 is 2.39 bits per heavy atom. The number of Topliss-reactive ketones (excluding diaryl/α,β-unsaturated/α-hetero) is 1. The van der Waals surface area contributed by atoms with Gasteiger partial charge in [0.1, 0.15) is 17.3 Å². The molecule has 2 heterocycles. The summed E-state index contributed by atoms with van der Waals surface area (Å²) in [4.78, 5) is 27.9. The molecule has 1 saturated heterocycles. The smallest absolute Gasteiger partial charge is 0.301 e. The number of hydrogen-bond acceptors (Lipinski definition) is 8. The molecule has 1 fully saturated rings. The van der Waals surface area contributed by atoms with Gasteiger partial charge in [-0.05, 0) is 61.7 Å². The Morgan fingerprint density at radius 2 is 1.76 bits per heavy atom. The molecule has 0 spiro atoms. The average Bonchev–Trinajstić information content (AvgIpc) is 3.47. The largest absolute Gasteiger partial charge is 0.507 e. The van der Waals surface area contributed by atoms with E-state index in [0.29, 0.717) is 47.3 Å². The van der Waals surface area contributed by atoms with E-state index in [1.165, 1.54) is 12.0 Å². The lowest BCUT2D eigenvalue weighted by Gasteiger charge is -2.24. The monoisotopic (exact) mass is 520 g/mol. The molecule has 9 nitrogen and oxygen atoms in total. The molecular weight excluding hydrogens is 488 g/mol. The highest BCUT2D eigenvalue weighted by Gasteiger charge is 2.48. The van der Waals surface area contributed by atoms with Crippen LogP contribution in [0, 0.1) is 6.92 Å². The Hall–Kier alpha value is -4.27. The van der Waals surface area contributed by atoms with Crippen molar-refractivity contribution in [1.82, 2.24) is 5.16 Å². The molecule has 3 aromatic rings. The molecular formula is C29H32N2O7. The summed E-state index contributed by atoms with van der Waals surface area (Å²) in [5.74, 6) is 0.304. The minimum Gasteiger partial charge on any atom is -0.507 e. The van der Waals surface area contributed by atoms with E-state index in [2.05, 4.69) is 12.1 Å². The predicted octanol–water partition coefficient (Wildman–Crippen LogP) is 5.59. The summed E-state index contributed by atoms with van der Waals surface area (Å²) in [7, 11) is 1.52. The third-order valence-electron chi connectivity index (χ3n) is 6.17. The number of anilines is 1. The third-order valence-corrected chi connectivity index (χ3v) is 6.17. The van der Waals surface area contributed by atoms with Crippen LogP contribution in [0.3, 0.4) is 0 Å². The van der Waals surface area contributed by atoms with Gasteiger partial charge >= 0.3 is 5.91 Å². The van der Waals surface area contributed by atoms with Crippen LogP contribution in [0.25, 0.3) is 5.76 Å². The van der Waals surface area contributed by atoms with Gasteiger partial charge in [-0.2, -0.15) is 0 Å². The Bertz CT molecular complexity index is 1330. The van der Waals surface area contributed by atoms with Gasteiger partial charge in [0.2, 0.25) is 0 Å². The first kappa shape index (κ1) is 26.8. The van der Waals surface area contributed by atoms with E-state index in [1.54, 1.807) is 55.5 Å². The highest BCUT2D eigenvalue weighted by molar-refractivity contribution is 6.51. The molecule has 0 bridgehead atoms. The number of aliphatic hydroxyl groups excluding tert-OH is 1. The minimum absolute atomic E-state index is 0.0698. The zero-order chi connectivity index (χ0) is 27.2. The quantitative estimate of drug-likeness (QED) is 0.151. The second-order valence-corrected chi connectivity index (χ2v) is 8.95. The molecule has 1 N–H and O–H groups in total. The molecule has 4 rings (SSSR count). The third kappa shape index (κ3) is 5.37. The molecule has 0 radical (unpaired) electrons. The molecule has 1 amide bonds. The second-order valence-electron chi connectivity index (χ2n) is 8.95. The van der Waals surface area contributed by atoms with Crippen LogP contribution in [0.1, 0.15) is 56.0 Å². The van der Waals surface area contributed by atoms with Gasteiger partial charge in [-0.3, -0.25) is 14.5 Å². The molecule has 1 aliphatic rings. The van der Waals surface area contributed by atoms with E-state index in [0.717, 1.165) is 19.3 Å². The van der Waals surface area contributed by atoms with Crippen LogP contribution in [-0.4, -0.2) is 42.3 Å². The van der Waals surface area contributed by atoms with Crippen molar-refractivity contribution in [3.8, 4) is 17.2 Å². The predicted molar refractivity (Wildman–Crippen MR) is 142 cm³/mol. The molecule has 9 heteroatoms. The van der Waals surface area contributed by atoms with Gasteiger partial charge in [-0.25, -0.2) is 0 Å². The highest BCUT2D eigenvalue weighted by atomic mass is 16.5. The Morgan fingerprint density at radius 1 is 1.00 bits per heavy atom. The standard InChI is InChI=1S/C29H32N2O7/c1-5-7-15-37-22-13-10-20(17-23(22)35-4)26-25(27(32)19-8-11-21(12-9-19)36-14-6-2)28(33)29(34)31(26)24-16-18(3)38-30-24/h8-13,16-17,26,32H,5-7,14-15H2,1-4H3/t26-/m1/s1. The van der Waals surface area contributed by atoms with Crippen LogP contribution in [0.5, 0.6) is 17.2 Å². The SMILES string of the molecule is CCCCOc1ccc([C@@H]2C(=C(O)c3ccc(OCCC)cc3)C(=O)C(=O)N2c2cc(C)on2)cc1OC. The number of hydrogen-bond donors (Lipinski definition) is 1. The van der Waals surface area contributed by atoms with Gasteiger partial charge in [0, 0.05) is 11.6 Å². The number of unbranched alkanes of at least 4 members (excludes halogenated alkanes) is 1. The first-order valence-electron chi connectivity index (χ1n) is 12.7. The summed E-state index contributed by atoms with van der Waals surface area (Å²) in [5, 5.41) is 15.3. The van der Waals surface area contributed by atoms with Crippen molar-refractivity contribution in [2.24, 2.45) is 0 Å². The van der Waals surface area contributed by atoms with Crippen LogP contribution >= 0.6 is 0 Å². The lowest BCUT2D eigenvalue weighted by molar-refractivity contribution is -0.132. The summed E-state index contributed by atoms with van der Waals surface area (Å²) in [6, 6.07) is 12.5. The Balaban J connectivity index is 1.82. The number of benzene rings is 2. The van der Waals surface area contributed by atoms with E-state index in [9.17, 15) is 14.7 Å². The number of amides is 1. The van der Waals surface area contributed by atoms with Crippen molar-refractivity contribution in [2.45, 2.75) is 46.1 Å². The maximum Gasteiger partial charge on any atom is 0.301 e. The van der Waals surface area contributed by atoms with Gasteiger partial charge in [0.15, 0.2) is 17.3 Å². The summed E-state index contributed by atoms with van der Waals surface area (Å²) in [6.45, 7) is 6.86. The fraction of sp³-hybridized carbons (Fsp3) is 0.345. The lowest BCUT2D eigenvalue weighted by atomic mass is 9.95. The van der Waals surface area contributed by atoms with Gasteiger partial charge in [0.25, 0.3) is 5.78 Å². The van der Waals surface area contributed by atoms with Crippen LogP contribution in [-0.2, 0) is 9.59 Å². The molecule has 1 aromatic heterocycles. The zero-order valence-corrected chi connectivity index (χ0v) is 22.0. The van der Waals surface area contributed by atoms with Crippen molar-refractivity contribution < 1.29 is 33.4 Å². The van der Waals surface area contributed by atoms with Gasteiger partial charge in [0.05, 0.1) is 31.9 Å². The molecule has 0 aliphatic carbocycles. The Kier molecular flexibility index (Phi) is 8.35. The fourth-order valence-corrected chi connectivity index (χ4v) is 4.24. The summed E-state index contributed by atoms with van der Waals surface area (Å²) in [5.41, 5.74) is 0.841. The molecule has 0 unspecified atom stereocenters. The first-order chi connectivity index (χ1) is 18.4. The number of rotatable bonds is 11. The summed E-state index contributed by atoms with van der Waals surface area (Å²) < 4.78 is 22.2.